The molecule has 0 radical (unpaired) electrons. The minimum atomic E-state index is -1.36. The molecule has 27 heavy (non-hydrogen) atoms. The molecule has 2 fully saturated rings. The highest BCUT2D eigenvalue weighted by atomic mass is 16.2. The SMILES string of the molecule is CCN1C(=O)N(CC(=O)C2CCCCC2)C(=O)C(C)(C2=CCCCC2)C1=O. The van der Waals surface area contributed by atoms with Gasteiger partial charge in [0.1, 0.15) is 5.41 Å². The quantitative estimate of drug-likeness (QED) is 0.546. The van der Waals surface area contributed by atoms with E-state index in [1.54, 1.807) is 13.8 Å². The number of nitrogens with zero attached hydrogens (tertiary/aromatic N) is 2. The molecule has 0 bridgehead atoms. The van der Waals surface area contributed by atoms with Crippen LogP contribution < -0.4 is 0 Å². The zero-order valence-electron chi connectivity index (χ0n) is 16.5. The summed E-state index contributed by atoms with van der Waals surface area (Å²) in [5.74, 6) is -1.11. The Morgan fingerprint density at radius 3 is 2.30 bits per heavy atom. The Morgan fingerprint density at radius 2 is 1.70 bits per heavy atom. The maximum atomic E-state index is 13.3. The standard InChI is InChI=1S/C21H30N2O4/c1-3-22-18(25)21(2,16-12-8-5-9-13-16)19(26)23(20(22)27)14-17(24)15-10-6-4-7-11-15/h12,15H,3-11,13-14H2,1-2H3. The first-order valence-electron chi connectivity index (χ1n) is 10.3. The predicted molar refractivity (Wildman–Crippen MR) is 101 cm³/mol. The highest BCUT2D eigenvalue weighted by Gasteiger charge is 2.56. The first-order valence-corrected chi connectivity index (χ1v) is 10.3. The van der Waals surface area contributed by atoms with Crippen LogP contribution in [0.5, 0.6) is 0 Å². The molecule has 0 aromatic heterocycles. The third-order valence-electron chi connectivity index (χ3n) is 6.43. The van der Waals surface area contributed by atoms with Gasteiger partial charge in [0.05, 0.1) is 6.54 Å². The van der Waals surface area contributed by atoms with Gasteiger partial charge in [0.25, 0.3) is 5.91 Å². The number of ketones is 1. The number of carbonyl (C=O) groups is 4. The Balaban J connectivity index is 1.89. The van der Waals surface area contributed by atoms with E-state index in [9.17, 15) is 19.2 Å². The van der Waals surface area contributed by atoms with Crippen LogP contribution in [0, 0.1) is 11.3 Å². The summed E-state index contributed by atoms with van der Waals surface area (Å²) >= 11 is 0. The minimum Gasteiger partial charge on any atom is -0.297 e. The van der Waals surface area contributed by atoms with Crippen LogP contribution in [0.3, 0.4) is 0 Å². The van der Waals surface area contributed by atoms with Crippen molar-refractivity contribution < 1.29 is 19.2 Å². The Morgan fingerprint density at radius 1 is 1.04 bits per heavy atom. The van der Waals surface area contributed by atoms with Crippen LogP contribution >= 0.6 is 0 Å². The number of hydrogen-bond acceptors (Lipinski definition) is 4. The van der Waals surface area contributed by atoms with E-state index >= 15 is 0 Å². The van der Waals surface area contributed by atoms with Crippen LogP contribution in [-0.2, 0) is 14.4 Å². The molecule has 2 aliphatic carbocycles. The molecule has 0 spiro atoms. The van der Waals surface area contributed by atoms with Gasteiger partial charge in [0, 0.05) is 12.5 Å². The van der Waals surface area contributed by atoms with Crippen LogP contribution in [-0.4, -0.2) is 46.5 Å². The van der Waals surface area contributed by atoms with Gasteiger partial charge in [-0.15, -0.1) is 0 Å². The normalized spacial score (nSPS) is 27.8. The summed E-state index contributed by atoms with van der Waals surface area (Å²) in [4.78, 5) is 54.1. The zero-order valence-corrected chi connectivity index (χ0v) is 16.5. The van der Waals surface area contributed by atoms with E-state index in [1.807, 2.05) is 6.08 Å². The molecule has 1 saturated heterocycles. The fourth-order valence-corrected chi connectivity index (χ4v) is 4.65. The molecule has 148 valence electrons. The largest absolute Gasteiger partial charge is 0.333 e. The molecule has 4 amide bonds. The molecule has 0 N–H and O–H groups in total. The van der Waals surface area contributed by atoms with Gasteiger partial charge in [-0.25, -0.2) is 4.79 Å². The van der Waals surface area contributed by atoms with Crippen LogP contribution in [0.15, 0.2) is 11.6 Å². The second-order valence-electron chi connectivity index (χ2n) is 8.12. The van der Waals surface area contributed by atoms with Crippen molar-refractivity contribution in [3.05, 3.63) is 11.6 Å². The third kappa shape index (κ3) is 3.46. The second kappa shape index (κ2) is 7.95. The molecule has 1 aliphatic heterocycles. The highest BCUT2D eigenvalue weighted by molar-refractivity contribution is 6.21. The molecule has 1 saturated carbocycles. The number of carbonyl (C=O) groups excluding carboxylic acids is 4. The van der Waals surface area contributed by atoms with Gasteiger partial charge in [0.2, 0.25) is 5.91 Å². The summed E-state index contributed by atoms with van der Waals surface area (Å²) in [6.45, 7) is 3.33. The molecule has 0 aromatic rings. The maximum Gasteiger partial charge on any atom is 0.333 e. The predicted octanol–water partition coefficient (Wildman–Crippen LogP) is 3.45. The zero-order chi connectivity index (χ0) is 19.6. The molecule has 6 nitrogen and oxygen atoms in total. The smallest absolute Gasteiger partial charge is 0.297 e. The fraction of sp³-hybridized carbons (Fsp3) is 0.714. The number of hydrogen-bond donors (Lipinski definition) is 0. The van der Waals surface area contributed by atoms with Gasteiger partial charge in [-0.2, -0.15) is 0 Å². The third-order valence-corrected chi connectivity index (χ3v) is 6.43. The van der Waals surface area contributed by atoms with E-state index in [1.165, 1.54) is 0 Å². The van der Waals surface area contributed by atoms with E-state index in [0.29, 0.717) is 6.42 Å². The fourth-order valence-electron chi connectivity index (χ4n) is 4.65. The lowest BCUT2D eigenvalue weighted by Gasteiger charge is -2.43. The van der Waals surface area contributed by atoms with Gasteiger partial charge in [0.15, 0.2) is 5.78 Å². The van der Waals surface area contributed by atoms with E-state index in [0.717, 1.165) is 66.7 Å². The second-order valence-corrected chi connectivity index (χ2v) is 8.12. The molecule has 0 aromatic carbocycles. The monoisotopic (exact) mass is 374 g/mol. The van der Waals surface area contributed by atoms with Crippen molar-refractivity contribution in [2.24, 2.45) is 11.3 Å². The van der Waals surface area contributed by atoms with Gasteiger partial charge in [-0.3, -0.25) is 24.2 Å². The van der Waals surface area contributed by atoms with Crippen LogP contribution in [0.25, 0.3) is 0 Å². The Bertz CT molecular complexity index is 678. The summed E-state index contributed by atoms with van der Waals surface area (Å²) < 4.78 is 0. The lowest BCUT2D eigenvalue weighted by molar-refractivity contribution is -0.156. The number of urea groups is 1. The summed E-state index contributed by atoms with van der Waals surface area (Å²) in [6.07, 6.45) is 10.3. The molecule has 3 aliphatic rings. The van der Waals surface area contributed by atoms with Crippen molar-refractivity contribution in [1.29, 1.82) is 0 Å². The molecule has 3 rings (SSSR count). The lowest BCUT2D eigenvalue weighted by Crippen LogP contribution is -2.65. The topological polar surface area (TPSA) is 74.8 Å². The average molecular weight is 374 g/mol. The molecular formula is C21H30N2O4. The first kappa shape index (κ1) is 19.8. The van der Waals surface area contributed by atoms with Crippen LogP contribution in [0.2, 0.25) is 0 Å². The number of barbiturate groups is 1. The Hall–Kier alpha value is -1.98. The van der Waals surface area contributed by atoms with Crippen molar-refractivity contribution >= 4 is 23.6 Å². The summed E-state index contributed by atoms with van der Waals surface area (Å²) in [5, 5.41) is 0. The number of allylic oxidation sites excluding steroid dienone is 1. The summed E-state index contributed by atoms with van der Waals surface area (Å²) in [7, 11) is 0. The Kier molecular flexibility index (Phi) is 5.82. The van der Waals surface area contributed by atoms with Crippen LogP contribution in [0.4, 0.5) is 4.79 Å². The van der Waals surface area contributed by atoms with E-state index in [-0.39, 0.29) is 24.8 Å². The number of Topliss-reactive ketones (excluding diaryl/α,β-unsaturated/α-hetero) is 1. The van der Waals surface area contributed by atoms with E-state index in [4.69, 9.17) is 0 Å². The van der Waals surface area contributed by atoms with Crippen molar-refractivity contribution in [2.45, 2.75) is 71.6 Å². The maximum absolute atomic E-state index is 13.3. The summed E-state index contributed by atoms with van der Waals surface area (Å²) in [5.41, 5.74) is -0.568. The average Bonchev–Trinajstić information content (AvgIpc) is 2.71. The highest BCUT2D eigenvalue weighted by Crippen LogP contribution is 2.40. The number of amides is 4. The van der Waals surface area contributed by atoms with Crippen molar-refractivity contribution in [3.63, 3.8) is 0 Å². The molecule has 6 heteroatoms. The van der Waals surface area contributed by atoms with Crippen molar-refractivity contribution in [2.75, 3.05) is 13.1 Å². The van der Waals surface area contributed by atoms with E-state index < -0.39 is 23.3 Å². The number of imide groups is 2. The molecule has 1 atom stereocenters. The lowest BCUT2D eigenvalue weighted by atomic mass is 9.73. The molecule has 1 unspecified atom stereocenters. The molecular weight excluding hydrogens is 344 g/mol. The first-order chi connectivity index (χ1) is 12.9. The van der Waals surface area contributed by atoms with Crippen molar-refractivity contribution in [3.8, 4) is 0 Å². The van der Waals surface area contributed by atoms with Crippen molar-refractivity contribution in [1.82, 2.24) is 9.80 Å². The van der Waals surface area contributed by atoms with Crippen LogP contribution in [0.1, 0.15) is 71.6 Å². The summed E-state index contributed by atoms with van der Waals surface area (Å²) in [6, 6.07) is -0.648. The number of rotatable bonds is 5. The van der Waals surface area contributed by atoms with Gasteiger partial charge < -0.3 is 0 Å². The molecule has 1 heterocycles. The minimum absolute atomic E-state index is 0.0539. The van der Waals surface area contributed by atoms with Gasteiger partial charge in [-0.05, 0) is 57.9 Å². The van der Waals surface area contributed by atoms with Gasteiger partial charge in [-0.1, -0.05) is 25.3 Å². The Labute approximate surface area is 160 Å². The van der Waals surface area contributed by atoms with E-state index in [2.05, 4.69) is 0 Å². The van der Waals surface area contributed by atoms with Gasteiger partial charge >= 0.3 is 6.03 Å².